The standard InChI is InChI=1S/C20H18ClF2N3O2/c1-11(13-4-9-17(28-3)16(23)10-13)24-20(27)18-12(2)25-26(19(18)21)15-7-5-14(22)6-8-15/h4-11H,1-3H3,(H,24,27). The number of nitrogens with one attached hydrogen (secondary N) is 1. The van der Waals surface area contributed by atoms with Crippen molar-refractivity contribution < 1.29 is 18.3 Å². The van der Waals surface area contributed by atoms with Crippen molar-refractivity contribution in [3.8, 4) is 11.4 Å². The summed E-state index contributed by atoms with van der Waals surface area (Å²) in [6, 6.07) is 9.58. The number of methoxy groups -OCH3 is 1. The van der Waals surface area contributed by atoms with E-state index in [2.05, 4.69) is 10.4 Å². The quantitative estimate of drug-likeness (QED) is 0.674. The number of rotatable bonds is 5. The van der Waals surface area contributed by atoms with Crippen molar-refractivity contribution in [3.05, 3.63) is 76.1 Å². The minimum atomic E-state index is -0.514. The Morgan fingerprint density at radius 2 is 1.89 bits per heavy atom. The Balaban J connectivity index is 1.84. The zero-order valence-electron chi connectivity index (χ0n) is 15.5. The summed E-state index contributed by atoms with van der Waals surface area (Å²) in [5.41, 5.74) is 1.72. The van der Waals surface area contributed by atoms with Crippen LogP contribution in [0.25, 0.3) is 5.69 Å². The number of hydrogen-bond acceptors (Lipinski definition) is 3. The lowest BCUT2D eigenvalue weighted by atomic mass is 10.1. The molecule has 1 aromatic heterocycles. The molecule has 146 valence electrons. The van der Waals surface area contributed by atoms with Crippen LogP contribution in [0, 0.1) is 18.6 Å². The Hall–Kier alpha value is -2.93. The van der Waals surface area contributed by atoms with E-state index >= 15 is 0 Å². The van der Waals surface area contributed by atoms with Crippen molar-refractivity contribution in [2.45, 2.75) is 19.9 Å². The van der Waals surface area contributed by atoms with Crippen LogP contribution < -0.4 is 10.1 Å². The van der Waals surface area contributed by atoms with Gasteiger partial charge in [-0.15, -0.1) is 0 Å². The number of aromatic nitrogens is 2. The minimum Gasteiger partial charge on any atom is -0.494 e. The average molecular weight is 406 g/mol. The zero-order valence-corrected chi connectivity index (χ0v) is 16.2. The number of carbonyl (C=O) groups excluding carboxylic acids is 1. The first-order valence-electron chi connectivity index (χ1n) is 8.47. The Morgan fingerprint density at radius 1 is 1.21 bits per heavy atom. The first kappa shape index (κ1) is 19.8. The number of carbonyl (C=O) groups is 1. The maximum Gasteiger partial charge on any atom is 0.256 e. The van der Waals surface area contributed by atoms with Crippen molar-refractivity contribution in [3.63, 3.8) is 0 Å². The van der Waals surface area contributed by atoms with Crippen LogP contribution in [-0.2, 0) is 0 Å². The summed E-state index contributed by atoms with van der Waals surface area (Å²) in [6.07, 6.45) is 0. The smallest absolute Gasteiger partial charge is 0.256 e. The predicted molar refractivity (Wildman–Crippen MR) is 102 cm³/mol. The number of aryl methyl sites for hydroxylation is 1. The molecule has 0 fully saturated rings. The lowest BCUT2D eigenvalue weighted by Gasteiger charge is -2.15. The van der Waals surface area contributed by atoms with Gasteiger partial charge in [0.2, 0.25) is 0 Å². The molecule has 1 atom stereocenters. The number of hydrogen-bond donors (Lipinski definition) is 1. The summed E-state index contributed by atoms with van der Waals surface area (Å²) in [5, 5.41) is 7.17. The van der Waals surface area contributed by atoms with Gasteiger partial charge in [0.1, 0.15) is 11.0 Å². The molecule has 0 bridgehead atoms. The molecule has 0 saturated carbocycles. The zero-order chi connectivity index (χ0) is 20.4. The summed E-state index contributed by atoms with van der Waals surface area (Å²) in [5.74, 6) is -1.22. The normalized spacial score (nSPS) is 11.9. The molecule has 0 saturated heterocycles. The van der Waals surface area contributed by atoms with Crippen molar-refractivity contribution in [2.75, 3.05) is 7.11 Å². The van der Waals surface area contributed by atoms with Crippen molar-refractivity contribution in [1.29, 1.82) is 0 Å². The van der Waals surface area contributed by atoms with Crippen LogP contribution in [-0.4, -0.2) is 22.8 Å². The van der Waals surface area contributed by atoms with E-state index in [4.69, 9.17) is 16.3 Å². The number of benzene rings is 2. The summed E-state index contributed by atoms with van der Waals surface area (Å²) < 4.78 is 33.3. The summed E-state index contributed by atoms with van der Waals surface area (Å²) >= 11 is 6.36. The summed E-state index contributed by atoms with van der Waals surface area (Å²) in [6.45, 7) is 3.38. The molecule has 28 heavy (non-hydrogen) atoms. The van der Waals surface area contributed by atoms with Crippen LogP contribution in [0.5, 0.6) is 5.75 Å². The number of ether oxygens (including phenoxy) is 1. The van der Waals surface area contributed by atoms with E-state index in [9.17, 15) is 13.6 Å². The lowest BCUT2D eigenvalue weighted by molar-refractivity contribution is 0.0939. The second-order valence-electron chi connectivity index (χ2n) is 6.23. The number of nitrogens with zero attached hydrogens (tertiary/aromatic N) is 2. The average Bonchev–Trinajstić information content (AvgIpc) is 2.96. The Morgan fingerprint density at radius 3 is 2.50 bits per heavy atom. The molecule has 0 aliphatic carbocycles. The van der Waals surface area contributed by atoms with Gasteiger partial charge in [-0.05, 0) is 55.8 Å². The third-order valence-electron chi connectivity index (χ3n) is 4.33. The predicted octanol–water partition coefficient (Wildman–Crippen LogP) is 4.61. The van der Waals surface area contributed by atoms with Crippen LogP contribution in [0.4, 0.5) is 8.78 Å². The first-order chi connectivity index (χ1) is 13.3. The second kappa shape index (κ2) is 7.98. The molecule has 0 radical (unpaired) electrons. The molecule has 1 heterocycles. The third-order valence-corrected chi connectivity index (χ3v) is 4.67. The number of halogens is 3. The van der Waals surface area contributed by atoms with Gasteiger partial charge in [0, 0.05) is 0 Å². The Labute approximate surface area is 165 Å². The van der Waals surface area contributed by atoms with E-state index < -0.39 is 17.8 Å². The molecule has 3 rings (SSSR count). The van der Waals surface area contributed by atoms with Gasteiger partial charge in [0.15, 0.2) is 11.6 Å². The largest absolute Gasteiger partial charge is 0.494 e. The third kappa shape index (κ3) is 3.84. The molecule has 8 heteroatoms. The van der Waals surface area contributed by atoms with Crippen LogP contribution in [0.15, 0.2) is 42.5 Å². The maximum absolute atomic E-state index is 13.9. The highest BCUT2D eigenvalue weighted by Gasteiger charge is 2.23. The second-order valence-corrected chi connectivity index (χ2v) is 6.59. The lowest BCUT2D eigenvalue weighted by Crippen LogP contribution is -2.27. The summed E-state index contributed by atoms with van der Waals surface area (Å²) in [4.78, 5) is 12.7. The molecular formula is C20H18ClF2N3O2. The van der Waals surface area contributed by atoms with Gasteiger partial charge >= 0.3 is 0 Å². The Bertz CT molecular complexity index is 1020. The van der Waals surface area contributed by atoms with Crippen molar-refractivity contribution in [2.24, 2.45) is 0 Å². The molecule has 0 spiro atoms. The molecule has 3 aromatic rings. The van der Waals surface area contributed by atoms with Crippen molar-refractivity contribution >= 4 is 17.5 Å². The topological polar surface area (TPSA) is 56.1 Å². The first-order valence-corrected chi connectivity index (χ1v) is 8.85. The molecule has 0 aliphatic heterocycles. The van der Waals surface area contributed by atoms with E-state index in [-0.39, 0.29) is 22.3 Å². The van der Waals surface area contributed by atoms with Gasteiger partial charge < -0.3 is 10.1 Å². The van der Waals surface area contributed by atoms with Gasteiger partial charge in [0.05, 0.1) is 30.1 Å². The molecule has 1 unspecified atom stereocenters. The van der Waals surface area contributed by atoms with Gasteiger partial charge in [0.25, 0.3) is 5.91 Å². The van der Waals surface area contributed by atoms with E-state index in [0.717, 1.165) is 0 Å². The Kier molecular flexibility index (Phi) is 5.65. The maximum atomic E-state index is 13.9. The SMILES string of the molecule is COc1ccc(C(C)NC(=O)c2c(C)nn(-c3ccc(F)cc3)c2Cl)cc1F. The molecule has 2 aromatic carbocycles. The van der Waals surface area contributed by atoms with E-state index in [1.807, 2.05) is 0 Å². The molecule has 0 aliphatic rings. The fourth-order valence-corrected chi connectivity index (χ4v) is 3.17. The molecular weight excluding hydrogens is 388 g/mol. The number of amides is 1. The molecule has 5 nitrogen and oxygen atoms in total. The van der Waals surface area contributed by atoms with Crippen molar-refractivity contribution in [1.82, 2.24) is 15.1 Å². The van der Waals surface area contributed by atoms with Gasteiger partial charge in [-0.25, -0.2) is 13.5 Å². The molecule has 1 amide bonds. The van der Waals surface area contributed by atoms with Gasteiger partial charge in [-0.1, -0.05) is 17.7 Å². The van der Waals surface area contributed by atoms with Gasteiger partial charge in [-0.2, -0.15) is 5.10 Å². The van der Waals surface area contributed by atoms with Gasteiger partial charge in [-0.3, -0.25) is 4.79 Å². The van der Waals surface area contributed by atoms with Crippen LogP contribution >= 0.6 is 11.6 Å². The van der Waals surface area contributed by atoms with E-state index in [1.54, 1.807) is 19.9 Å². The highest BCUT2D eigenvalue weighted by molar-refractivity contribution is 6.33. The fourth-order valence-electron chi connectivity index (χ4n) is 2.81. The monoisotopic (exact) mass is 405 g/mol. The van der Waals surface area contributed by atoms with E-state index in [1.165, 1.54) is 48.2 Å². The summed E-state index contributed by atoms with van der Waals surface area (Å²) in [7, 11) is 1.38. The highest BCUT2D eigenvalue weighted by atomic mass is 35.5. The van der Waals surface area contributed by atoms with Crippen LogP contribution in [0.3, 0.4) is 0 Å². The van der Waals surface area contributed by atoms with E-state index in [0.29, 0.717) is 16.9 Å². The fraction of sp³-hybridized carbons (Fsp3) is 0.200. The van der Waals surface area contributed by atoms with Crippen LogP contribution in [0.2, 0.25) is 5.15 Å². The highest BCUT2D eigenvalue weighted by Crippen LogP contribution is 2.26. The van der Waals surface area contributed by atoms with Crippen LogP contribution in [0.1, 0.15) is 34.6 Å². The minimum absolute atomic E-state index is 0.106. The molecule has 1 N–H and O–H groups in total.